The molecule has 4 heterocycles. The standard InChI is InChI=1S/C21H21N5/c1-13-9-19(25-15(3)14(13)2)18-10-20(26-21-17(18)6-8-23-21)24-12-16-5-4-7-22-11-16/h4-11H,12H2,1-3H3,(H2,23,24,26). The highest BCUT2D eigenvalue weighted by molar-refractivity contribution is 5.93. The molecular weight excluding hydrogens is 322 g/mol. The smallest absolute Gasteiger partial charge is 0.140 e. The predicted molar refractivity (Wildman–Crippen MR) is 105 cm³/mol. The maximum atomic E-state index is 4.81. The van der Waals surface area contributed by atoms with Gasteiger partial charge in [0.1, 0.15) is 11.5 Å². The van der Waals surface area contributed by atoms with Crippen LogP contribution in [0.15, 0.2) is 48.9 Å². The zero-order valence-corrected chi connectivity index (χ0v) is 15.2. The van der Waals surface area contributed by atoms with Gasteiger partial charge in [0.25, 0.3) is 0 Å². The minimum absolute atomic E-state index is 0.672. The summed E-state index contributed by atoms with van der Waals surface area (Å²) in [5.74, 6) is 0.816. The summed E-state index contributed by atoms with van der Waals surface area (Å²) in [6.07, 6.45) is 5.55. The lowest BCUT2D eigenvalue weighted by Gasteiger charge is -2.12. The van der Waals surface area contributed by atoms with Crippen molar-refractivity contribution in [2.24, 2.45) is 0 Å². The van der Waals surface area contributed by atoms with E-state index in [4.69, 9.17) is 4.98 Å². The number of nitrogens with one attached hydrogen (secondary N) is 2. The van der Waals surface area contributed by atoms with Crippen molar-refractivity contribution < 1.29 is 0 Å². The van der Waals surface area contributed by atoms with Crippen LogP contribution >= 0.6 is 0 Å². The number of hydrogen-bond donors (Lipinski definition) is 2. The molecule has 0 aliphatic heterocycles. The van der Waals surface area contributed by atoms with E-state index in [0.717, 1.165) is 39.4 Å². The summed E-state index contributed by atoms with van der Waals surface area (Å²) in [4.78, 5) is 16.9. The van der Waals surface area contributed by atoms with Crippen molar-refractivity contribution in [2.75, 3.05) is 5.32 Å². The number of anilines is 1. The molecule has 0 aliphatic carbocycles. The molecule has 0 atom stereocenters. The van der Waals surface area contributed by atoms with E-state index in [-0.39, 0.29) is 0 Å². The normalized spacial score (nSPS) is 11.0. The third kappa shape index (κ3) is 3.04. The molecule has 5 nitrogen and oxygen atoms in total. The van der Waals surface area contributed by atoms with Gasteiger partial charge in [-0.25, -0.2) is 4.98 Å². The Hall–Kier alpha value is -3.21. The van der Waals surface area contributed by atoms with E-state index < -0.39 is 0 Å². The van der Waals surface area contributed by atoms with Crippen LogP contribution in [-0.2, 0) is 6.54 Å². The summed E-state index contributed by atoms with van der Waals surface area (Å²) < 4.78 is 0. The molecule has 5 heteroatoms. The van der Waals surface area contributed by atoms with E-state index in [9.17, 15) is 0 Å². The van der Waals surface area contributed by atoms with Gasteiger partial charge in [-0.2, -0.15) is 0 Å². The first-order valence-electron chi connectivity index (χ1n) is 8.68. The molecule has 2 N–H and O–H groups in total. The van der Waals surface area contributed by atoms with Crippen molar-refractivity contribution in [1.82, 2.24) is 19.9 Å². The van der Waals surface area contributed by atoms with Gasteiger partial charge in [-0.3, -0.25) is 9.97 Å². The topological polar surface area (TPSA) is 66.5 Å². The summed E-state index contributed by atoms with van der Waals surface area (Å²) in [5.41, 5.74) is 7.57. The first kappa shape index (κ1) is 16.3. The Morgan fingerprint density at radius 1 is 1.08 bits per heavy atom. The van der Waals surface area contributed by atoms with Crippen LogP contribution in [0.5, 0.6) is 0 Å². The highest BCUT2D eigenvalue weighted by Crippen LogP contribution is 2.30. The minimum Gasteiger partial charge on any atom is -0.366 e. The summed E-state index contributed by atoms with van der Waals surface area (Å²) in [5, 5.41) is 4.47. The van der Waals surface area contributed by atoms with Crippen LogP contribution in [0.4, 0.5) is 5.82 Å². The molecule has 4 aromatic rings. The number of hydrogen-bond acceptors (Lipinski definition) is 4. The lowest BCUT2D eigenvalue weighted by atomic mass is 10.0. The molecule has 0 amide bonds. The molecular formula is C21H21N5. The summed E-state index contributed by atoms with van der Waals surface area (Å²) in [6, 6.07) is 10.3. The van der Waals surface area contributed by atoms with Gasteiger partial charge in [-0.05, 0) is 61.7 Å². The second kappa shape index (κ2) is 6.59. The van der Waals surface area contributed by atoms with Crippen LogP contribution < -0.4 is 5.32 Å². The average Bonchev–Trinajstić information content (AvgIpc) is 3.13. The Morgan fingerprint density at radius 3 is 2.73 bits per heavy atom. The number of rotatable bonds is 4. The Kier molecular flexibility index (Phi) is 4.13. The van der Waals surface area contributed by atoms with E-state index in [1.165, 1.54) is 11.1 Å². The molecule has 4 aromatic heterocycles. The van der Waals surface area contributed by atoms with Crippen molar-refractivity contribution >= 4 is 16.9 Å². The molecule has 0 saturated heterocycles. The Labute approximate surface area is 152 Å². The van der Waals surface area contributed by atoms with Gasteiger partial charge < -0.3 is 10.3 Å². The number of pyridine rings is 3. The quantitative estimate of drug-likeness (QED) is 0.570. The largest absolute Gasteiger partial charge is 0.366 e. The van der Waals surface area contributed by atoms with Gasteiger partial charge in [-0.1, -0.05) is 6.07 Å². The predicted octanol–water partition coefficient (Wildman–Crippen LogP) is 4.56. The van der Waals surface area contributed by atoms with Crippen molar-refractivity contribution in [3.8, 4) is 11.3 Å². The molecule has 0 bridgehead atoms. The van der Waals surface area contributed by atoms with Crippen LogP contribution in [0.25, 0.3) is 22.3 Å². The number of aryl methyl sites for hydroxylation is 2. The molecule has 0 aromatic carbocycles. The maximum absolute atomic E-state index is 4.81. The van der Waals surface area contributed by atoms with Crippen LogP contribution in [0.3, 0.4) is 0 Å². The van der Waals surface area contributed by atoms with Gasteiger partial charge in [0.15, 0.2) is 0 Å². The summed E-state index contributed by atoms with van der Waals surface area (Å²) in [6.45, 7) is 6.97. The number of fused-ring (bicyclic) bond motifs is 1. The first-order chi connectivity index (χ1) is 12.6. The SMILES string of the molecule is Cc1cc(-c2cc(NCc3cccnc3)nc3[nH]ccc23)nc(C)c1C. The molecule has 0 spiro atoms. The highest BCUT2D eigenvalue weighted by atomic mass is 15.0. The highest BCUT2D eigenvalue weighted by Gasteiger charge is 2.12. The lowest BCUT2D eigenvalue weighted by molar-refractivity contribution is 1.09. The van der Waals surface area contributed by atoms with E-state index in [2.05, 4.69) is 59.2 Å². The Balaban J connectivity index is 1.76. The molecule has 0 aliphatic rings. The molecule has 0 radical (unpaired) electrons. The molecule has 0 unspecified atom stereocenters. The second-order valence-electron chi connectivity index (χ2n) is 6.54. The van der Waals surface area contributed by atoms with Gasteiger partial charge in [-0.15, -0.1) is 0 Å². The van der Waals surface area contributed by atoms with Crippen LogP contribution in [-0.4, -0.2) is 19.9 Å². The van der Waals surface area contributed by atoms with Crippen molar-refractivity contribution in [2.45, 2.75) is 27.3 Å². The molecule has 26 heavy (non-hydrogen) atoms. The minimum atomic E-state index is 0.672. The summed E-state index contributed by atoms with van der Waals surface area (Å²) >= 11 is 0. The fourth-order valence-corrected chi connectivity index (χ4v) is 3.07. The number of aromatic amines is 1. The fraction of sp³-hybridized carbons (Fsp3) is 0.190. The van der Waals surface area contributed by atoms with E-state index in [0.29, 0.717) is 6.54 Å². The van der Waals surface area contributed by atoms with Gasteiger partial charge >= 0.3 is 0 Å². The van der Waals surface area contributed by atoms with E-state index in [1.807, 2.05) is 24.5 Å². The van der Waals surface area contributed by atoms with Crippen molar-refractivity contribution in [3.63, 3.8) is 0 Å². The zero-order valence-electron chi connectivity index (χ0n) is 15.2. The Morgan fingerprint density at radius 2 is 1.96 bits per heavy atom. The van der Waals surface area contributed by atoms with E-state index >= 15 is 0 Å². The van der Waals surface area contributed by atoms with Crippen molar-refractivity contribution in [1.29, 1.82) is 0 Å². The van der Waals surface area contributed by atoms with Crippen LogP contribution in [0, 0.1) is 20.8 Å². The number of aromatic nitrogens is 4. The van der Waals surface area contributed by atoms with Crippen molar-refractivity contribution in [3.05, 3.63) is 71.3 Å². The average molecular weight is 343 g/mol. The number of H-pyrrole nitrogens is 1. The maximum Gasteiger partial charge on any atom is 0.140 e. The Bertz CT molecular complexity index is 1040. The molecule has 130 valence electrons. The van der Waals surface area contributed by atoms with Gasteiger partial charge in [0, 0.05) is 41.8 Å². The van der Waals surface area contributed by atoms with Crippen LogP contribution in [0.1, 0.15) is 22.4 Å². The molecule has 0 fully saturated rings. The monoisotopic (exact) mass is 343 g/mol. The lowest BCUT2D eigenvalue weighted by Crippen LogP contribution is -2.03. The van der Waals surface area contributed by atoms with E-state index in [1.54, 1.807) is 6.20 Å². The van der Waals surface area contributed by atoms with Gasteiger partial charge in [0.05, 0.1) is 5.69 Å². The summed E-state index contributed by atoms with van der Waals surface area (Å²) in [7, 11) is 0. The number of nitrogens with zero attached hydrogens (tertiary/aromatic N) is 3. The fourth-order valence-electron chi connectivity index (χ4n) is 3.07. The molecule has 4 rings (SSSR count). The van der Waals surface area contributed by atoms with Gasteiger partial charge in [0.2, 0.25) is 0 Å². The van der Waals surface area contributed by atoms with Crippen LogP contribution in [0.2, 0.25) is 0 Å². The molecule has 0 saturated carbocycles. The second-order valence-corrected chi connectivity index (χ2v) is 6.54. The third-order valence-corrected chi connectivity index (χ3v) is 4.78. The zero-order chi connectivity index (χ0) is 18.1. The third-order valence-electron chi connectivity index (χ3n) is 4.78. The first-order valence-corrected chi connectivity index (χ1v) is 8.68.